The molecule has 1 saturated carbocycles. The van der Waals surface area contributed by atoms with E-state index in [1.165, 1.54) is 12.0 Å². The zero-order chi connectivity index (χ0) is 48.9. The van der Waals surface area contributed by atoms with Gasteiger partial charge in [-0.15, -0.1) is 0 Å². The van der Waals surface area contributed by atoms with Crippen molar-refractivity contribution in [3.05, 3.63) is 47.6 Å². The van der Waals surface area contributed by atoms with Gasteiger partial charge in [0.15, 0.2) is 0 Å². The van der Waals surface area contributed by atoms with E-state index in [-0.39, 0.29) is 54.9 Å². The molecule has 1 amide bonds. The number of carbonyl (C=O) groups is 4. The van der Waals surface area contributed by atoms with E-state index >= 15 is 0 Å². The third-order valence-electron chi connectivity index (χ3n) is 14.6. The molecule has 1 aliphatic carbocycles. The van der Waals surface area contributed by atoms with Gasteiger partial charge < -0.3 is 43.9 Å². The van der Waals surface area contributed by atoms with Crippen LogP contribution in [-0.2, 0) is 42.9 Å². The fourth-order valence-electron chi connectivity index (χ4n) is 10.3. The summed E-state index contributed by atoms with van der Waals surface area (Å²) in [5.41, 5.74) is 2.14. The Morgan fingerprint density at radius 2 is 1.62 bits per heavy atom. The zero-order valence-corrected chi connectivity index (χ0v) is 43.2. The number of methoxy groups -OCH3 is 3. The molecule has 0 aromatic carbocycles. The van der Waals surface area contributed by atoms with Gasteiger partial charge >= 0.3 is 5.97 Å². The summed E-state index contributed by atoms with van der Waals surface area (Å²) in [6.45, 7) is 13.3. The number of nitrogens with zero attached hydrogens (tertiary/aromatic N) is 2. The number of halogens is 1. The Hall–Kier alpha value is -2.64. The Balaban J connectivity index is 1.72. The number of Topliss-reactive ketones (excluding diaryl/α,β-unsaturated/α-hetero) is 2. The van der Waals surface area contributed by atoms with Gasteiger partial charge in [0.2, 0.25) is 5.79 Å². The van der Waals surface area contributed by atoms with Crippen LogP contribution in [-0.4, -0.2) is 132 Å². The van der Waals surface area contributed by atoms with E-state index in [1.807, 2.05) is 61.0 Å². The first-order chi connectivity index (χ1) is 31.3. The lowest BCUT2D eigenvalue weighted by Gasteiger charge is -2.42. The van der Waals surface area contributed by atoms with Crippen molar-refractivity contribution in [1.82, 2.24) is 4.90 Å². The van der Waals surface area contributed by atoms with Gasteiger partial charge in [-0.2, -0.15) is 0 Å². The van der Waals surface area contributed by atoms with Crippen molar-refractivity contribution in [3.8, 4) is 0 Å². The molecule has 0 spiro atoms. The Kier molecular flexibility index (Phi) is 22.4. The van der Waals surface area contributed by atoms with E-state index in [1.54, 1.807) is 41.1 Å². The minimum atomic E-state index is -2.42. The summed E-state index contributed by atoms with van der Waals surface area (Å²) >= 11 is 1.95. The summed E-state index contributed by atoms with van der Waals surface area (Å²) in [5.74, 6) is -6.92. The molecule has 66 heavy (non-hydrogen) atoms. The van der Waals surface area contributed by atoms with Crippen LogP contribution in [0.4, 0.5) is 0 Å². The van der Waals surface area contributed by atoms with Gasteiger partial charge in [-0.3, -0.25) is 14.4 Å². The first-order valence-corrected chi connectivity index (χ1v) is 25.1. The van der Waals surface area contributed by atoms with Crippen molar-refractivity contribution in [3.63, 3.8) is 0 Å². The van der Waals surface area contributed by atoms with E-state index in [0.717, 1.165) is 18.4 Å². The molecule has 2 bridgehead atoms. The second-order valence-electron chi connectivity index (χ2n) is 19.7. The van der Waals surface area contributed by atoms with Crippen LogP contribution in [0.25, 0.3) is 0 Å². The first kappa shape index (κ1) is 56.0. The predicted molar refractivity (Wildman–Crippen MR) is 262 cm³/mol. The molecule has 3 heterocycles. The number of carbonyl (C=O) groups excluding carboxylic acids is 4. The Bertz CT molecular complexity index is 1800. The van der Waals surface area contributed by atoms with Crippen LogP contribution in [0.3, 0.4) is 0 Å². The molecule has 0 aromatic heterocycles. The molecule has 3 fully saturated rings. The minimum Gasteiger partial charge on any atom is -0.460 e. The molecule has 4 aliphatic rings. The number of allylic oxidation sites excluding steroid dienone is 6. The number of hydrogen-bond donors (Lipinski definition) is 3. The third-order valence-corrected chi connectivity index (χ3v) is 15.2. The maximum Gasteiger partial charge on any atom is 0.329 e. The van der Waals surface area contributed by atoms with Gasteiger partial charge in [0, 0.05) is 52.6 Å². The van der Waals surface area contributed by atoms with Crippen molar-refractivity contribution >= 4 is 52.0 Å². The molecular weight excluding hydrogens is 959 g/mol. The van der Waals surface area contributed by atoms with Gasteiger partial charge in [0.1, 0.15) is 30.1 Å². The molecule has 0 radical (unpaired) electrons. The number of aliphatic hydroxyl groups is 3. The molecule has 14 nitrogen and oxygen atoms in total. The van der Waals surface area contributed by atoms with Crippen LogP contribution in [0.1, 0.15) is 126 Å². The largest absolute Gasteiger partial charge is 0.460 e. The number of fused-ring (bicyclic) bond motifs is 3. The van der Waals surface area contributed by atoms with E-state index in [4.69, 9.17) is 23.7 Å². The summed E-state index contributed by atoms with van der Waals surface area (Å²) in [6, 6.07) is -1.12. The van der Waals surface area contributed by atoms with Crippen molar-refractivity contribution < 1.29 is 58.2 Å². The van der Waals surface area contributed by atoms with Crippen LogP contribution in [0.5, 0.6) is 0 Å². The highest BCUT2D eigenvalue weighted by Crippen LogP contribution is 2.38. The molecule has 0 aromatic rings. The summed E-state index contributed by atoms with van der Waals surface area (Å²) < 4.78 is 34.3. The number of ketones is 2. The van der Waals surface area contributed by atoms with Crippen molar-refractivity contribution in [2.75, 3.05) is 27.9 Å². The molecule has 372 valence electrons. The standard InChI is InChI=1S/C51H79IN2O12/c1-30-16-12-11-13-17-31(2)42(62-8)28-38-21-19-36(7)51(61,66-38)48(58)49(59)54-23-15-14-18-39(54)50(60)65-43(33(4)26-37-20-22-40(55)44(27-37)63-9)29-41(56)32(3)25-35(6)46(57)47(64-10)45(53-52)34(5)24-30/h11-13,16-17,25,30,32-34,36-40,42-44,46-47,55,57,61H,14-15,18-24,26-29H2,1-10H3/b13-11+,16-12+,31-17+,35-25+,53-45+/t30-,32-,33-,34-,36-,37+,38+,39+,40-,42+,43+,44-,46-,47+,51-/m1/s1. The molecule has 3 N–H and O–H groups in total. The lowest BCUT2D eigenvalue weighted by atomic mass is 9.78. The lowest BCUT2D eigenvalue weighted by molar-refractivity contribution is -0.265. The van der Waals surface area contributed by atoms with Gasteiger partial charge in [-0.25, -0.2) is 8.00 Å². The molecule has 15 atom stereocenters. The first-order valence-electron chi connectivity index (χ1n) is 24.1. The number of ether oxygens (including phenoxy) is 5. The molecule has 2 saturated heterocycles. The number of amides is 1. The number of rotatable bonds is 6. The van der Waals surface area contributed by atoms with E-state index < -0.39 is 77.9 Å². The number of hydrogen-bond acceptors (Lipinski definition) is 13. The smallest absolute Gasteiger partial charge is 0.329 e. The fraction of sp³-hybridized carbons (Fsp3) is 0.745. The lowest BCUT2D eigenvalue weighted by Crippen LogP contribution is -2.61. The van der Waals surface area contributed by atoms with Gasteiger partial charge in [0.25, 0.3) is 11.7 Å². The van der Waals surface area contributed by atoms with E-state index in [0.29, 0.717) is 62.7 Å². The minimum absolute atomic E-state index is 0.0468. The van der Waals surface area contributed by atoms with Crippen LogP contribution in [0.2, 0.25) is 0 Å². The average Bonchev–Trinajstić information content (AvgIpc) is 3.29. The maximum atomic E-state index is 14.4. The van der Waals surface area contributed by atoms with E-state index in [9.17, 15) is 34.5 Å². The average molecular weight is 1040 g/mol. The second kappa shape index (κ2) is 26.4. The SMILES string of the molecule is CO[C@H]1C[C@@H]2CC[C@@H](C)[C@@](O)(O2)C(=O)C(=O)N2CCCC[C@H]2C(=O)O[C@H]([C@H](C)C[C@@H]2CC[C@@H](O)[C@H](OC)C2)CC(=O)[C@H](C)/C=C(\C)[C@@H](O)[C@@H](OC)/C(=N/I)[C@H](C)C[C@H](C)/C=C/C=C/C=C/1C. The van der Waals surface area contributed by atoms with Crippen molar-refractivity contribution in [1.29, 1.82) is 0 Å². The third kappa shape index (κ3) is 14.7. The van der Waals surface area contributed by atoms with Crippen LogP contribution < -0.4 is 0 Å². The highest BCUT2D eigenvalue weighted by atomic mass is 127. The van der Waals surface area contributed by atoms with Gasteiger partial charge in [-0.05, 0) is 113 Å². The number of esters is 1. The predicted octanol–water partition coefficient (Wildman–Crippen LogP) is 7.40. The number of aliphatic hydroxyl groups excluding tert-OH is 2. The normalized spacial score (nSPS) is 40.6. The van der Waals surface area contributed by atoms with Crippen LogP contribution in [0.15, 0.2) is 50.8 Å². The quantitative estimate of drug-likeness (QED) is 0.104. The fourth-order valence-corrected chi connectivity index (χ4v) is 11.0. The molecule has 0 unspecified atom stereocenters. The van der Waals surface area contributed by atoms with Crippen LogP contribution >= 0.6 is 22.9 Å². The Labute approximate surface area is 407 Å². The molecule has 3 aliphatic heterocycles. The van der Waals surface area contributed by atoms with Crippen LogP contribution in [0, 0.1) is 35.5 Å². The van der Waals surface area contributed by atoms with Crippen molar-refractivity contribution in [2.24, 2.45) is 38.7 Å². The topological polar surface area (TPSA) is 191 Å². The highest BCUT2D eigenvalue weighted by molar-refractivity contribution is 14.1. The second-order valence-corrected chi connectivity index (χ2v) is 20.2. The highest BCUT2D eigenvalue weighted by Gasteiger charge is 2.53. The van der Waals surface area contributed by atoms with E-state index in [2.05, 4.69) is 23.1 Å². The zero-order valence-electron chi connectivity index (χ0n) is 41.0. The van der Waals surface area contributed by atoms with Gasteiger partial charge in [-0.1, -0.05) is 71.1 Å². The summed E-state index contributed by atoms with van der Waals surface area (Å²) in [4.78, 5) is 58.3. The van der Waals surface area contributed by atoms with Crippen molar-refractivity contribution in [2.45, 2.75) is 180 Å². The molecule has 15 heteroatoms. The Morgan fingerprint density at radius 3 is 2.29 bits per heavy atom. The number of cyclic esters (lactones) is 1. The Morgan fingerprint density at radius 1 is 0.894 bits per heavy atom. The number of piperidine rings is 1. The molecular formula is C51H79IN2O12. The summed E-state index contributed by atoms with van der Waals surface area (Å²) in [5, 5.41) is 34.2. The summed E-state index contributed by atoms with van der Waals surface area (Å²) in [6.07, 6.45) is 12.8. The van der Waals surface area contributed by atoms with Gasteiger partial charge in [0.05, 0.1) is 53.0 Å². The maximum absolute atomic E-state index is 14.4. The monoisotopic (exact) mass is 1040 g/mol. The molecule has 4 rings (SSSR count). The summed E-state index contributed by atoms with van der Waals surface area (Å²) in [7, 11) is 4.71.